The van der Waals surface area contributed by atoms with E-state index in [1.807, 2.05) is 38.1 Å². The number of carbonyl (C=O) groups is 1. The maximum Gasteiger partial charge on any atom is 0.263 e. The largest absolute Gasteiger partial charge is 0.497 e. The molecule has 0 fully saturated rings. The maximum atomic E-state index is 12.4. The lowest BCUT2D eigenvalue weighted by molar-refractivity contribution is 0.0934. The molecule has 1 aromatic heterocycles. The van der Waals surface area contributed by atoms with Gasteiger partial charge in [0.2, 0.25) is 0 Å². The van der Waals surface area contributed by atoms with Crippen molar-refractivity contribution in [2.75, 3.05) is 7.11 Å². The topological polar surface area (TPSA) is 51.2 Å². The molecule has 1 heterocycles. The van der Waals surface area contributed by atoms with Crippen LogP contribution in [0.1, 0.15) is 36.1 Å². The molecule has 118 valence electrons. The number of rotatable bonds is 5. The van der Waals surface area contributed by atoms with Crippen molar-refractivity contribution in [3.63, 3.8) is 0 Å². The van der Waals surface area contributed by atoms with Gasteiger partial charge in [-0.05, 0) is 44.0 Å². The Hall–Kier alpha value is -1.88. The van der Waals surface area contributed by atoms with Gasteiger partial charge in [-0.25, -0.2) is 4.98 Å². The second-order valence-corrected chi connectivity index (χ2v) is 6.67. The molecule has 4 nitrogen and oxygen atoms in total. The molecule has 1 amide bonds. The third-order valence-electron chi connectivity index (χ3n) is 3.70. The van der Waals surface area contributed by atoms with E-state index in [4.69, 9.17) is 4.74 Å². The summed E-state index contributed by atoms with van der Waals surface area (Å²) in [6, 6.07) is 7.84. The average Bonchev–Trinajstić information content (AvgIpc) is 2.89. The standard InChI is InChI=1S/C17H22N2O2S/c1-10(2)11(3)18-16(20)15-12(4)19-17(22-15)13-6-8-14(21-5)9-7-13/h6-11H,1-5H3,(H,18,20)/t11-/m1/s1. The van der Waals surface area contributed by atoms with E-state index >= 15 is 0 Å². The van der Waals surface area contributed by atoms with E-state index in [0.717, 1.165) is 22.0 Å². The average molecular weight is 318 g/mol. The number of carbonyl (C=O) groups excluding carboxylic acids is 1. The van der Waals surface area contributed by atoms with Gasteiger partial charge in [-0.3, -0.25) is 4.79 Å². The van der Waals surface area contributed by atoms with Gasteiger partial charge in [0.15, 0.2) is 0 Å². The SMILES string of the molecule is COc1ccc(-c2nc(C)c(C(=O)N[C@H](C)C(C)C)s2)cc1. The van der Waals surface area contributed by atoms with Crippen LogP contribution >= 0.6 is 11.3 Å². The Bertz CT molecular complexity index is 647. The first-order valence-electron chi connectivity index (χ1n) is 7.35. The molecule has 1 atom stereocenters. The first-order chi connectivity index (χ1) is 10.4. The van der Waals surface area contributed by atoms with E-state index in [-0.39, 0.29) is 11.9 Å². The molecule has 0 aliphatic carbocycles. The number of aromatic nitrogens is 1. The number of amides is 1. The molecule has 0 bridgehead atoms. The predicted molar refractivity (Wildman–Crippen MR) is 90.6 cm³/mol. The zero-order valence-corrected chi connectivity index (χ0v) is 14.5. The molecule has 5 heteroatoms. The summed E-state index contributed by atoms with van der Waals surface area (Å²) in [4.78, 5) is 17.6. The van der Waals surface area contributed by atoms with Crippen LogP contribution in [0, 0.1) is 12.8 Å². The van der Waals surface area contributed by atoms with Crippen molar-refractivity contribution < 1.29 is 9.53 Å². The molecule has 2 rings (SSSR count). The molecule has 1 aromatic carbocycles. The summed E-state index contributed by atoms with van der Waals surface area (Å²) in [5.74, 6) is 1.16. The predicted octanol–water partition coefficient (Wildman–Crippen LogP) is 3.90. The number of nitrogens with zero attached hydrogens (tertiary/aromatic N) is 1. The summed E-state index contributed by atoms with van der Waals surface area (Å²) in [5, 5.41) is 3.88. The van der Waals surface area contributed by atoms with Gasteiger partial charge in [0.05, 0.1) is 12.8 Å². The summed E-state index contributed by atoms with van der Waals surface area (Å²) in [6.07, 6.45) is 0. The summed E-state index contributed by atoms with van der Waals surface area (Å²) < 4.78 is 5.16. The molecule has 0 aliphatic heterocycles. The van der Waals surface area contributed by atoms with Crippen LogP contribution in [0.5, 0.6) is 5.75 Å². The molecular weight excluding hydrogens is 296 g/mol. The quantitative estimate of drug-likeness (QED) is 0.909. The van der Waals surface area contributed by atoms with Crippen LogP contribution in [0.4, 0.5) is 0 Å². The van der Waals surface area contributed by atoms with Gasteiger partial charge < -0.3 is 10.1 Å². The molecule has 0 saturated carbocycles. The van der Waals surface area contributed by atoms with Gasteiger partial charge in [0.25, 0.3) is 5.91 Å². The minimum Gasteiger partial charge on any atom is -0.497 e. The van der Waals surface area contributed by atoms with Gasteiger partial charge in [-0.2, -0.15) is 0 Å². The number of thiazole rings is 1. The lowest BCUT2D eigenvalue weighted by Gasteiger charge is -2.16. The number of methoxy groups -OCH3 is 1. The van der Waals surface area contributed by atoms with E-state index in [1.54, 1.807) is 7.11 Å². The van der Waals surface area contributed by atoms with Crippen LogP contribution in [0.2, 0.25) is 0 Å². The van der Waals surface area contributed by atoms with Crippen molar-refractivity contribution in [2.45, 2.75) is 33.7 Å². The Morgan fingerprint density at radius 3 is 2.41 bits per heavy atom. The number of hydrogen-bond donors (Lipinski definition) is 1. The van der Waals surface area contributed by atoms with Crippen molar-refractivity contribution in [2.24, 2.45) is 5.92 Å². The first kappa shape index (κ1) is 16.5. The molecule has 1 N–H and O–H groups in total. The second-order valence-electron chi connectivity index (χ2n) is 5.67. The smallest absolute Gasteiger partial charge is 0.263 e. The Labute approximate surface area is 135 Å². The zero-order chi connectivity index (χ0) is 16.3. The minimum absolute atomic E-state index is 0.0454. The van der Waals surface area contributed by atoms with Crippen LogP contribution in [0.3, 0.4) is 0 Å². The van der Waals surface area contributed by atoms with Gasteiger partial charge in [0, 0.05) is 11.6 Å². The monoisotopic (exact) mass is 318 g/mol. The third kappa shape index (κ3) is 3.65. The zero-order valence-electron chi connectivity index (χ0n) is 13.6. The second kappa shape index (κ2) is 6.92. The fraction of sp³-hybridized carbons (Fsp3) is 0.412. The van der Waals surface area contributed by atoms with E-state index in [0.29, 0.717) is 10.8 Å². The molecule has 0 unspecified atom stereocenters. The molecule has 0 spiro atoms. The lowest BCUT2D eigenvalue weighted by atomic mass is 10.1. The fourth-order valence-electron chi connectivity index (χ4n) is 1.90. The Morgan fingerprint density at radius 1 is 1.23 bits per heavy atom. The molecule has 0 aliphatic rings. The minimum atomic E-state index is -0.0454. The van der Waals surface area contributed by atoms with E-state index in [9.17, 15) is 4.79 Å². The van der Waals surface area contributed by atoms with Crippen LogP contribution < -0.4 is 10.1 Å². The van der Waals surface area contributed by atoms with Gasteiger partial charge in [-0.15, -0.1) is 11.3 Å². The van der Waals surface area contributed by atoms with Gasteiger partial charge >= 0.3 is 0 Å². The number of benzene rings is 1. The third-order valence-corrected chi connectivity index (χ3v) is 4.90. The number of nitrogens with one attached hydrogen (secondary N) is 1. The normalized spacial score (nSPS) is 12.3. The van der Waals surface area contributed by atoms with Gasteiger partial charge in [0.1, 0.15) is 15.6 Å². The summed E-state index contributed by atoms with van der Waals surface area (Å²) in [7, 11) is 1.64. The summed E-state index contributed by atoms with van der Waals surface area (Å²) >= 11 is 1.42. The first-order valence-corrected chi connectivity index (χ1v) is 8.16. The van der Waals surface area contributed by atoms with Crippen LogP contribution in [0.15, 0.2) is 24.3 Å². The molecule has 0 saturated heterocycles. The molecule has 2 aromatic rings. The molecule has 0 radical (unpaired) electrons. The van der Waals surface area contributed by atoms with Crippen LogP contribution in [-0.2, 0) is 0 Å². The highest BCUT2D eigenvalue weighted by Gasteiger charge is 2.19. The van der Waals surface area contributed by atoms with E-state index in [2.05, 4.69) is 24.1 Å². The summed E-state index contributed by atoms with van der Waals surface area (Å²) in [6.45, 7) is 8.07. The summed E-state index contributed by atoms with van der Waals surface area (Å²) in [5.41, 5.74) is 1.76. The number of aryl methyl sites for hydroxylation is 1. The van der Waals surface area contributed by atoms with E-state index < -0.39 is 0 Å². The van der Waals surface area contributed by atoms with Crippen LogP contribution in [-0.4, -0.2) is 24.0 Å². The molecule has 22 heavy (non-hydrogen) atoms. The maximum absolute atomic E-state index is 12.4. The Kier molecular flexibility index (Phi) is 5.19. The van der Waals surface area contributed by atoms with Crippen LogP contribution in [0.25, 0.3) is 10.6 Å². The molecular formula is C17H22N2O2S. The highest BCUT2D eigenvalue weighted by atomic mass is 32.1. The Balaban J connectivity index is 2.21. The number of ether oxygens (including phenoxy) is 1. The lowest BCUT2D eigenvalue weighted by Crippen LogP contribution is -2.35. The van der Waals surface area contributed by atoms with Crippen molar-refractivity contribution >= 4 is 17.2 Å². The van der Waals surface area contributed by atoms with Gasteiger partial charge in [-0.1, -0.05) is 13.8 Å². The van der Waals surface area contributed by atoms with Crippen molar-refractivity contribution in [3.8, 4) is 16.3 Å². The van der Waals surface area contributed by atoms with Crippen molar-refractivity contribution in [1.29, 1.82) is 0 Å². The fourth-order valence-corrected chi connectivity index (χ4v) is 2.88. The van der Waals surface area contributed by atoms with Crippen molar-refractivity contribution in [1.82, 2.24) is 10.3 Å². The van der Waals surface area contributed by atoms with Crippen molar-refractivity contribution in [3.05, 3.63) is 34.8 Å². The number of hydrogen-bond acceptors (Lipinski definition) is 4. The highest BCUT2D eigenvalue weighted by molar-refractivity contribution is 7.17. The van der Waals surface area contributed by atoms with E-state index in [1.165, 1.54) is 11.3 Å². The Morgan fingerprint density at radius 2 is 1.86 bits per heavy atom. The highest BCUT2D eigenvalue weighted by Crippen LogP contribution is 2.29.